The van der Waals surface area contributed by atoms with E-state index in [0.717, 1.165) is 11.9 Å². The molecule has 5 heteroatoms. The van der Waals surface area contributed by atoms with Gasteiger partial charge in [-0.05, 0) is 6.07 Å². The van der Waals surface area contributed by atoms with Gasteiger partial charge in [-0.3, -0.25) is 4.68 Å². The Morgan fingerprint density at radius 1 is 1.31 bits per heavy atom. The van der Waals surface area contributed by atoms with Gasteiger partial charge < -0.3 is 5.32 Å². The Labute approximate surface area is 91.7 Å². The normalized spacial score (nSPS) is 10.4. The van der Waals surface area contributed by atoms with Crippen molar-refractivity contribution in [3.8, 4) is 0 Å². The van der Waals surface area contributed by atoms with Crippen LogP contribution in [0.2, 0.25) is 0 Å². The van der Waals surface area contributed by atoms with E-state index < -0.39 is 11.6 Å². The first-order valence-corrected chi connectivity index (χ1v) is 4.82. The highest BCUT2D eigenvalue weighted by Gasteiger charge is 2.04. The molecule has 3 nitrogen and oxygen atoms in total. The predicted octanol–water partition coefficient (Wildman–Crippen LogP) is 2.31. The fourth-order valence-corrected chi connectivity index (χ4v) is 1.40. The summed E-state index contributed by atoms with van der Waals surface area (Å²) < 4.78 is 27.6. The van der Waals surface area contributed by atoms with Crippen molar-refractivity contribution in [3.63, 3.8) is 0 Å². The van der Waals surface area contributed by atoms with E-state index in [-0.39, 0.29) is 0 Å². The molecule has 0 aliphatic heterocycles. The zero-order valence-electron chi connectivity index (χ0n) is 8.74. The number of anilines is 1. The van der Waals surface area contributed by atoms with Gasteiger partial charge in [-0.1, -0.05) is 6.07 Å². The Morgan fingerprint density at radius 3 is 2.75 bits per heavy atom. The quantitative estimate of drug-likeness (QED) is 0.865. The molecule has 0 atom stereocenters. The summed E-state index contributed by atoms with van der Waals surface area (Å²) in [5.74, 6) is -0.333. The minimum atomic E-state index is -0.568. The van der Waals surface area contributed by atoms with Crippen LogP contribution in [0.1, 0.15) is 5.56 Å². The molecular weight excluding hydrogens is 212 g/mol. The van der Waals surface area contributed by atoms with Crippen LogP contribution in [0.15, 0.2) is 30.5 Å². The Kier molecular flexibility index (Phi) is 2.85. The molecule has 1 aromatic heterocycles. The molecule has 0 unspecified atom stereocenters. The molecule has 84 valence electrons. The summed E-state index contributed by atoms with van der Waals surface area (Å²) in [5, 5.41) is 6.97. The number of nitrogens with zero attached hydrogens (tertiary/aromatic N) is 2. The van der Waals surface area contributed by atoms with Gasteiger partial charge in [-0.2, -0.15) is 5.10 Å². The topological polar surface area (TPSA) is 29.9 Å². The minimum Gasteiger partial charge on any atom is -0.366 e. The number of hydrogen-bond acceptors (Lipinski definition) is 2. The van der Waals surface area contributed by atoms with Gasteiger partial charge in [-0.25, -0.2) is 8.78 Å². The molecule has 0 radical (unpaired) electrons. The van der Waals surface area contributed by atoms with Gasteiger partial charge in [0.15, 0.2) is 0 Å². The van der Waals surface area contributed by atoms with Crippen molar-refractivity contribution in [2.24, 2.45) is 7.05 Å². The second kappa shape index (κ2) is 4.30. The van der Waals surface area contributed by atoms with Gasteiger partial charge in [0.1, 0.15) is 17.5 Å². The number of aromatic nitrogens is 2. The molecule has 1 N–H and O–H groups in total. The minimum absolute atomic E-state index is 0.297. The van der Waals surface area contributed by atoms with Gasteiger partial charge in [0, 0.05) is 31.3 Å². The molecule has 1 heterocycles. The van der Waals surface area contributed by atoms with Crippen LogP contribution < -0.4 is 5.32 Å². The third kappa shape index (κ3) is 2.18. The van der Waals surface area contributed by atoms with E-state index in [1.54, 1.807) is 24.0 Å². The molecule has 0 bridgehead atoms. The molecule has 0 amide bonds. The molecule has 2 rings (SSSR count). The SMILES string of the molecule is Cn1nccc1NCc1ccc(F)cc1F. The average Bonchev–Trinajstić information content (AvgIpc) is 2.63. The van der Waals surface area contributed by atoms with Crippen LogP contribution in [-0.4, -0.2) is 9.78 Å². The smallest absolute Gasteiger partial charge is 0.131 e. The summed E-state index contributed by atoms with van der Waals surface area (Å²) >= 11 is 0. The van der Waals surface area contributed by atoms with E-state index in [4.69, 9.17) is 0 Å². The zero-order chi connectivity index (χ0) is 11.5. The number of aryl methyl sites for hydroxylation is 1. The van der Waals surface area contributed by atoms with Crippen LogP contribution in [0.5, 0.6) is 0 Å². The van der Waals surface area contributed by atoms with Crippen LogP contribution in [0.4, 0.5) is 14.6 Å². The Morgan fingerprint density at radius 2 is 2.12 bits per heavy atom. The van der Waals surface area contributed by atoms with Crippen molar-refractivity contribution in [1.29, 1.82) is 0 Å². The molecule has 16 heavy (non-hydrogen) atoms. The highest BCUT2D eigenvalue weighted by atomic mass is 19.1. The largest absolute Gasteiger partial charge is 0.366 e. The number of halogens is 2. The van der Waals surface area contributed by atoms with E-state index in [9.17, 15) is 8.78 Å². The van der Waals surface area contributed by atoms with Crippen molar-refractivity contribution in [1.82, 2.24) is 9.78 Å². The molecule has 0 fully saturated rings. The first-order chi connectivity index (χ1) is 7.66. The Bertz CT molecular complexity index is 494. The Balaban J connectivity index is 2.08. The summed E-state index contributed by atoms with van der Waals surface area (Å²) in [6, 6.07) is 5.32. The first-order valence-electron chi connectivity index (χ1n) is 4.82. The highest BCUT2D eigenvalue weighted by Crippen LogP contribution is 2.12. The maximum atomic E-state index is 13.3. The van der Waals surface area contributed by atoms with Crippen molar-refractivity contribution in [3.05, 3.63) is 47.7 Å². The summed E-state index contributed by atoms with van der Waals surface area (Å²) in [6.07, 6.45) is 1.64. The monoisotopic (exact) mass is 223 g/mol. The van der Waals surface area contributed by atoms with Gasteiger partial charge in [0.2, 0.25) is 0 Å². The van der Waals surface area contributed by atoms with E-state index in [1.807, 2.05) is 0 Å². The molecule has 0 spiro atoms. The van der Waals surface area contributed by atoms with E-state index in [1.165, 1.54) is 12.1 Å². The number of nitrogens with one attached hydrogen (secondary N) is 1. The predicted molar refractivity (Wildman–Crippen MR) is 56.9 cm³/mol. The lowest BCUT2D eigenvalue weighted by molar-refractivity contribution is 0.573. The van der Waals surface area contributed by atoms with Gasteiger partial charge in [0.05, 0.1) is 6.20 Å². The van der Waals surface area contributed by atoms with Gasteiger partial charge >= 0.3 is 0 Å². The highest BCUT2D eigenvalue weighted by molar-refractivity contribution is 5.35. The van der Waals surface area contributed by atoms with E-state index in [0.29, 0.717) is 12.1 Å². The van der Waals surface area contributed by atoms with Crippen molar-refractivity contribution in [2.75, 3.05) is 5.32 Å². The average molecular weight is 223 g/mol. The number of rotatable bonds is 3. The van der Waals surface area contributed by atoms with Crippen LogP contribution >= 0.6 is 0 Å². The van der Waals surface area contributed by atoms with Crippen LogP contribution in [-0.2, 0) is 13.6 Å². The van der Waals surface area contributed by atoms with Crippen molar-refractivity contribution >= 4 is 5.82 Å². The molecule has 2 aromatic rings. The molecule has 1 aromatic carbocycles. The second-order valence-electron chi connectivity index (χ2n) is 3.43. The van der Waals surface area contributed by atoms with E-state index >= 15 is 0 Å². The maximum Gasteiger partial charge on any atom is 0.131 e. The number of hydrogen-bond donors (Lipinski definition) is 1. The van der Waals surface area contributed by atoms with Crippen LogP contribution in [0.3, 0.4) is 0 Å². The lowest BCUT2D eigenvalue weighted by Crippen LogP contribution is -2.06. The zero-order valence-corrected chi connectivity index (χ0v) is 8.74. The molecule has 0 aliphatic carbocycles. The van der Waals surface area contributed by atoms with Crippen LogP contribution in [0.25, 0.3) is 0 Å². The third-order valence-electron chi connectivity index (χ3n) is 2.30. The fourth-order valence-electron chi connectivity index (χ4n) is 1.40. The van der Waals surface area contributed by atoms with E-state index in [2.05, 4.69) is 10.4 Å². The fraction of sp³-hybridized carbons (Fsp3) is 0.182. The second-order valence-corrected chi connectivity index (χ2v) is 3.43. The standard InChI is InChI=1S/C11H11F2N3/c1-16-11(4-5-15-16)14-7-8-2-3-9(12)6-10(8)13/h2-6,14H,7H2,1H3. The van der Waals surface area contributed by atoms with Crippen molar-refractivity contribution in [2.45, 2.75) is 6.54 Å². The molecular formula is C11H11F2N3. The summed E-state index contributed by atoms with van der Waals surface area (Å²) in [6.45, 7) is 0.297. The first kappa shape index (κ1) is 10.6. The third-order valence-corrected chi connectivity index (χ3v) is 2.30. The molecule has 0 aliphatic rings. The van der Waals surface area contributed by atoms with Crippen LogP contribution in [0, 0.1) is 11.6 Å². The van der Waals surface area contributed by atoms with Crippen molar-refractivity contribution < 1.29 is 8.78 Å². The lowest BCUT2D eigenvalue weighted by Gasteiger charge is -2.07. The summed E-state index contributed by atoms with van der Waals surface area (Å²) in [4.78, 5) is 0. The summed E-state index contributed by atoms with van der Waals surface area (Å²) in [5.41, 5.74) is 0.419. The lowest BCUT2D eigenvalue weighted by atomic mass is 10.2. The number of benzene rings is 1. The maximum absolute atomic E-state index is 13.3. The summed E-state index contributed by atoms with van der Waals surface area (Å²) in [7, 11) is 1.78. The molecule has 0 saturated carbocycles. The Hall–Kier alpha value is -1.91. The van der Waals surface area contributed by atoms with Gasteiger partial charge in [0.25, 0.3) is 0 Å². The van der Waals surface area contributed by atoms with Gasteiger partial charge in [-0.15, -0.1) is 0 Å². The molecule has 0 saturated heterocycles.